The lowest BCUT2D eigenvalue weighted by atomic mass is 9.75. The van der Waals surface area contributed by atoms with E-state index in [0.717, 1.165) is 11.3 Å². The van der Waals surface area contributed by atoms with E-state index in [1.165, 1.54) is 12.1 Å². The molecule has 30 heavy (non-hydrogen) atoms. The molecule has 6 heteroatoms. The predicted octanol–water partition coefficient (Wildman–Crippen LogP) is 4.17. The molecule has 1 aliphatic heterocycles. The van der Waals surface area contributed by atoms with Gasteiger partial charge in [0.25, 0.3) is 0 Å². The van der Waals surface area contributed by atoms with E-state index < -0.39 is 11.9 Å². The number of hydrogen-bond acceptors (Lipinski definition) is 5. The number of allylic oxidation sites excluding steroid dienone is 2. The van der Waals surface area contributed by atoms with E-state index in [2.05, 4.69) is 0 Å². The number of Topliss-reactive ketones (excluding diaryl/α,β-unsaturated/α-hetero) is 1. The monoisotopic (exact) mass is 406 g/mol. The molecular formula is C24H23FN2O3. The Morgan fingerprint density at radius 1 is 1.13 bits per heavy atom. The van der Waals surface area contributed by atoms with Gasteiger partial charge in [-0.2, -0.15) is 0 Å². The summed E-state index contributed by atoms with van der Waals surface area (Å²) in [4.78, 5) is 27.8. The second-order valence-corrected chi connectivity index (χ2v) is 7.31. The first-order chi connectivity index (χ1) is 14.5. The van der Waals surface area contributed by atoms with Gasteiger partial charge in [0.2, 0.25) is 0 Å². The number of anilines is 1. The van der Waals surface area contributed by atoms with Crippen LogP contribution in [0.25, 0.3) is 0 Å². The Morgan fingerprint density at radius 2 is 1.83 bits per heavy atom. The van der Waals surface area contributed by atoms with Gasteiger partial charge in [0.05, 0.1) is 18.1 Å². The zero-order chi connectivity index (χ0) is 21.3. The summed E-state index contributed by atoms with van der Waals surface area (Å²) in [5.74, 6) is -1.32. The van der Waals surface area contributed by atoms with Crippen molar-refractivity contribution < 1.29 is 18.7 Å². The number of nitrogens with zero attached hydrogens (tertiary/aromatic N) is 1. The third kappa shape index (κ3) is 3.38. The highest BCUT2D eigenvalue weighted by molar-refractivity contribution is 6.05. The fourth-order valence-corrected chi connectivity index (χ4v) is 4.26. The SMILES string of the molecule is CCOC(=O)C1=C(N)N(c2ccc(F)cc2)C2=C(C(=O)CCC2)[C@H]1c1ccccc1. The average Bonchev–Trinajstić information content (AvgIpc) is 2.75. The van der Waals surface area contributed by atoms with Crippen molar-refractivity contribution in [1.29, 1.82) is 0 Å². The molecule has 0 bridgehead atoms. The number of hydrogen-bond donors (Lipinski definition) is 1. The fraction of sp³-hybridized carbons (Fsp3) is 0.250. The van der Waals surface area contributed by atoms with Crippen molar-refractivity contribution in [3.8, 4) is 0 Å². The van der Waals surface area contributed by atoms with Crippen LogP contribution in [-0.2, 0) is 14.3 Å². The highest BCUT2D eigenvalue weighted by atomic mass is 19.1. The van der Waals surface area contributed by atoms with Crippen LogP contribution < -0.4 is 10.6 Å². The number of esters is 1. The summed E-state index contributed by atoms with van der Waals surface area (Å²) in [5, 5.41) is 0. The second kappa shape index (κ2) is 8.14. The minimum absolute atomic E-state index is 0.00786. The number of ketones is 1. The van der Waals surface area contributed by atoms with Crippen molar-refractivity contribution in [2.45, 2.75) is 32.1 Å². The average molecular weight is 406 g/mol. The Balaban J connectivity index is 1.98. The number of ether oxygens (including phenoxy) is 1. The maximum Gasteiger partial charge on any atom is 0.338 e. The van der Waals surface area contributed by atoms with Crippen LogP contribution in [0.15, 0.2) is 77.3 Å². The topological polar surface area (TPSA) is 72.6 Å². The standard InChI is InChI=1S/C24H23FN2O3/c1-2-30-24(29)22-20(15-7-4-3-5-8-15)21-18(9-6-10-19(21)28)27(23(22)26)17-13-11-16(25)12-14-17/h3-5,7-8,11-14,20H,2,6,9-10,26H2,1H3/t20-/m1/s1. The molecule has 2 N–H and O–H groups in total. The summed E-state index contributed by atoms with van der Waals surface area (Å²) in [6, 6.07) is 15.2. The first-order valence-corrected chi connectivity index (χ1v) is 10.1. The second-order valence-electron chi connectivity index (χ2n) is 7.31. The molecule has 5 nitrogen and oxygen atoms in total. The minimum atomic E-state index is -0.593. The number of nitrogens with two attached hydrogens (primary N) is 1. The Kier molecular flexibility index (Phi) is 5.40. The lowest BCUT2D eigenvalue weighted by Gasteiger charge is -2.40. The highest BCUT2D eigenvalue weighted by Crippen LogP contribution is 2.46. The molecule has 0 radical (unpaired) electrons. The van der Waals surface area contributed by atoms with Crippen LogP contribution in [0.2, 0.25) is 0 Å². The molecule has 0 saturated heterocycles. The summed E-state index contributed by atoms with van der Waals surface area (Å²) in [6.45, 7) is 1.91. The predicted molar refractivity (Wildman–Crippen MR) is 112 cm³/mol. The van der Waals surface area contributed by atoms with Gasteiger partial charge in [-0.1, -0.05) is 30.3 Å². The molecule has 0 fully saturated rings. The van der Waals surface area contributed by atoms with Crippen molar-refractivity contribution in [3.63, 3.8) is 0 Å². The zero-order valence-electron chi connectivity index (χ0n) is 16.7. The molecule has 0 unspecified atom stereocenters. The van der Waals surface area contributed by atoms with Crippen molar-refractivity contribution >= 4 is 17.4 Å². The summed E-state index contributed by atoms with van der Waals surface area (Å²) in [7, 11) is 0. The van der Waals surface area contributed by atoms with Crippen LogP contribution in [0.5, 0.6) is 0 Å². The van der Waals surface area contributed by atoms with Crippen LogP contribution in [0, 0.1) is 5.82 Å². The smallest absolute Gasteiger partial charge is 0.338 e. The van der Waals surface area contributed by atoms with Crippen molar-refractivity contribution in [2.24, 2.45) is 5.73 Å². The highest BCUT2D eigenvalue weighted by Gasteiger charge is 2.42. The van der Waals surface area contributed by atoms with Crippen LogP contribution in [-0.4, -0.2) is 18.4 Å². The maximum absolute atomic E-state index is 13.5. The summed E-state index contributed by atoms with van der Waals surface area (Å²) in [5.41, 5.74) is 9.54. The maximum atomic E-state index is 13.5. The van der Waals surface area contributed by atoms with Gasteiger partial charge in [-0.3, -0.25) is 9.69 Å². The van der Waals surface area contributed by atoms with E-state index >= 15 is 0 Å². The Morgan fingerprint density at radius 3 is 2.50 bits per heavy atom. The molecular weight excluding hydrogens is 383 g/mol. The number of halogens is 1. The van der Waals surface area contributed by atoms with E-state index in [1.807, 2.05) is 30.3 Å². The van der Waals surface area contributed by atoms with Gasteiger partial charge >= 0.3 is 5.97 Å². The van der Waals surface area contributed by atoms with Gasteiger partial charge in [-0.05, 0) is 49.6 Å². The van der Waals surface area contributed by atoms with Crippen molar-refractivity contribution in [2.75, 3.05) is 11.5 Å². The van der Waals surface area contributed by atoms with Crippen LogP contribution in [0.3, 0.4) is 0 Å². The third-order valence-corrected chi connectivity index (χ3v) is 5.51. The van der Waals surface area contributed by atoms with Crippen LogP contribution in [0.1, 0.15) is 37.7 Å². The molecule has 0 spiro atoms. The molecule has 1 heterocycles. The van der Waals surface area contributed by atoms with E-state index in [1.54, 1.807) is 24.0 Å². The summed E-state index contributed by atoms with van der Waals surface area (Å²) < 4.78 is 18.9. The Hall–Kier alpha value is -3.41. The first-order valence-electron chi connectivity index (χ1n) is 10.1. The van der Waals surface area contributed by atoms with Gasteiger partial charge < -0.3 is 10.5 Å². The van der Waals surface area contributed by atoms with Gasteiger partial charge in [-0.25, -0.2) is 9.18 Å². The van der Waals surface area contributed by atoms with Crippen LogP contribution in [0.4, 0.5) is 10.1 Å². The molecule has 0 saturated carbocycles. The van der Waals surface area contributed by atoms with Gasteiger partial charge in [0, 0.05) is 23.4 Å². The van der Waals surface area contributed by atoms with E-state index in [-0.39, 0.29) is 29.6 Å². The van der Waals surface area contributed by atoms with Crippen LogP contribution >= 0.6 is 0 Å². The normalized spacial score (nSPS) is 19.1. The van der Waals surface area contributed by atoms with Crippen molar-refractivity contribution in [3.05, 3.63) is 88.6 Å². The number of benzene rings is 2. The lowest BCUT2D eigenvalue weighted by molar-refractivity contribution is -0.138. The molecule has 1 atom stereocenters. The molecule has 4 rings (SSSR count). The fourth-order valence-electron chi connectivity index (χ4n) is 4.26. The zero-order valence-corrected chi connectivity index (χ0v) is 16.7. The quantitative estimate of drug-likeness (QED) is 0.772. The third-order valence-electron chi connectivity index (χ3n) is 5.51. The molecule has 2 aromatic carbocycles. The van der Waals surface area contributed by atoms with E-state index in [0.29, 0.717) is 30.5 Å². The number of rotatable bonds is 4. The molecule has 2 aliphatic rings. The molecule has 0 amide bonds. The van der Waals surface area contributed by atoms with Gasteiger partial charge in [-0.15, -0.1) is 0 Å². The van der Waals surface area contributed by atoms with E-state index in [4.69, 9.17) is 10.5 Å². The number of carbonyl (C=O) groups excluding carboxylic acids is 2. The molecule has 154 valence electrons. The number of carbonyl (C=O) groups is 2. The summed E-state index contributed by atoms with van der Waals surface area (Å²) >= 11 is 0. The van der Waals surface area contributed by atoms with E-state index in [9.17, 15) is 14.0 Å². The Labute approximate surface area is 174 Å². The summed E-state index contributed by atoms with van der Waals surface area (Å²) in [6.07, 6.45) is 1.74. The van der Waals surface area contributed by atoms with Gasteiger partial charge in [0.15, 0.2) is 5.78 Å². The van der Waals surface area contributed by atoms with Crippen molar-refractivity contribution in [1.82, 2.24) is 0 Å². The molecule has 2 aromatic rings. The lowest BCUT2D eigenvalue weighted by Crippen LogP contribution is -2.41. The molecule has 1 aliphatic carbocycles. The first kappa shape index (κ1) is 19.9. The van der Waals surface area contributed by atoms with Gasteiger partial charge in [0.1, 0.15) is 11.6 Å². The largest absolute Gasteiger partial charge is 0.463 e. The molecule has 0 aromatic heterocycles. The Bertz CT molecular complexity index is 1040. The minimum Gasteiger partial charge on any atom is -0.463 e.